The van der Waals surface area contributed by atoms with E-state index in [9.17, 15) is 35.5 Å². The summed E-state index contributed by atoms with van der Waals surface area (Å²) in [7, 11) is 0. The van der Waals surface area contributed by atoms with E-state index >= 15 is 0 Å². The van der Waals surface area contributed by atoms with Gasteiger partial charge in [-0.1, -0.05) is 18.7 Å². The van der Waals surface area contributed by atoms with Crippen molar-refractivity contribution in [3.05, 3.63) is 47.8 Å². The summed E-state index contributed by atoms with van der Waals surface area (Å²) < 4.78 is 92.8. The molecule has 0 fully saturated rings. The summed E-state index contributed by atoms with van der Waals surface area (Å²) in [5.41, 5.74) is -9.26. The first-order valence-electron chi connectivity index (χ1n) is 5.18. The highest BCUT2D eigenvalue weighted by atomic mass is 19.4. The Morgan fingerprint density at radius 2 is 1.43 bits per heavy atom. The van der Waals surface area contributed by atoms with Gasteiger partial charge in [-0.05, 0) is 12.1 Å². The molecule has 0 aliphatic heterocycles. The van der Waals surface area contributed by atoms with Crippen LogP contribution in [0.25, 0.3) is 0 Å². The van der Waals surface area contributed by atoms with Gasteiger partial charge in [-0.3, -0.25) is 0 Å². The van der Waals surface area contributed by atoms with Crippen LogP contribution in [0.15, 0.2) is 36.4 Å². The Balaban J connectivity index is 3.59. The van der Waals surface area contributed by atoms with Crippen molar-refractivity contribution in [3.63, 3.8) is 0 Å². The minimum Gasteiger partial charge on any atom is -0.478 e. The Hall–Kier alpha value is -2.06. The number of hydrogen-bond donors (Lipinski definition) is 1. The molecule has 0 saturated heterocycles. The maximum Gasteiger partial charge on any atom is 0.433 e. The normalized spacial score (nSPS) is 15.4. The van der Waals surface area contributed by atoms with Crippen molar-refractivity contribution in [1.29, 1.82) is 0 Å². The number of aliphatic carboxylic acids is 1. The van der Waals surface area contributed by atoms with E-state index in [1.165, 1.54) is 0 Å². The van der Waals surface area contributed by atoms with Crippen molar-refractivity contribution in [2.75, 3.05) is 0 Å². The summed E-state index contributed by atoms with van der Waals surface area (Å²) in [5, 5.41) is 8.36. The summed E-state index contributed by atoms with van der Waals surface area (Å²) >= 11 is 0. The minimum atomic E-state index is -6.16. The third-order valence-electron chi connectivity index (χ3n) is 2.70. The number of benzene rings is 1. The average molecular weight is 316 g/mol. The molecule has 0 aliphatic carbocycles. The van der Waals surface area contributed by atoms with Gasteiger partial charge in [0.2, 0.25) is 0 Å². The molecule has 0 amide bonds. The molecule has 0 radical (unpaired) electrons. The predicted molar refractivity (Wildman–Crippen MR) is 57.0 cm³/mol. The van der Waals surface area contributed by atoms with Crippen LogP contribution in [0.1, 0.15) is 5.56 Å². The maximum atomic E-state index is 14.2. The molecule has 1 aromatic carbocycles. The molecule has 2 nitrogen and oxygen atoms in total. The van der Waals surface area contributed by atoms with E-state index < -0.39 is 40.7 Å². The van der Waals surface area contributed by atoms with E-state index in [1.807, 2.05) is 0 Å². The van der Waals surface area contributed by atoms with E-state index in [0.29, 0.717) is 12.1 Å². The first kappa shape index (κ1) is 17.0. The Morgan fingerprint density at radius 1 is 1.00 bits per heavy atom. The molecular formula is C12H7F7O2. The van der Waals surface area contributed by atoms with Gasteiger partial charge in [-0.25, -0.2) is 13.6 Å². The van der Waals surface area contributed by atoms with Crippen LogP contribution in [0.3, 0.4) is 0 Å². The van der Waals surface area contributed by atoms with E-state index in [2.05, 4.69) is 6.58 Å². The zero-order chi connectivity index (χ0) is 16.6. The Labute approximate surface area is 113 Å². The van der Waals surface area contributed by atoms with Gasteiger partial charge in [-0.2, -0.15) is 22.0 Å². The van der Waals surface area contributed by atoms with Crippen molar-refractivity contribution >= 4 is 5.97 Å². The fraction of sp³-hybridized carbons (Fsp3) is 0.250. The van der Waals surface area contributed by atoms with Crippen LogP contribution in [0.2, 0.25) is 0 Å². The van der Waals surface area contributed by atoms with Crippen molar-refractivity contribution < 1.29 is 40.6 Å². The lowest BCUT2D eigenvalue weighted by molar-refractivity contribution is -0.298. The fourth-order valence-electron chi connectivity index (χ4n) is 1.54. The van der Waals surface area contributed by atoms with Crippen molar-refractivity contribution in [3.8, 4) is 0 Å². The topological polar surface area (TPSA) is 37.3 Å². The van der Waals surface area contributed by atoms with E-state index in [0.717, 1.165) is 0 Å². The number of hydrogen-bond acceptors (Lipinski definition) is 1. The summed E-state index contributed by atoms with van der Waals surface area (Å²) in [6.07, 6.45) is -6.16. The molecule has 0 saturated carbocycles. The third kappa shape index (κ3) is 2.59. The summed E-state index contributed by atoms with van der Waals surface area (Å²) in [6.45, 7) is 2.28. The zero-order valence-electron chi connectivity index (χ0n) is 10.0. The molecule has 0 aliphatic rings. The third-order valence-corrected chi connectivity index (χ3v) is 2.70. The smallest absolute Gasteiger partial charge is 0.433 e. The lowest BCUT2D eigenvalue weighted by atomic mass is 9.84. The van der Waals surface area contributed by atoms with Crippen LogP contribution < -0.4 is 0 Å². The Kier molecular flexibility index (Phi) is 4.08. The maximum absolute atomic E-state index is 14.2. The molecule has 1 atom stereocenters. The molecule has 0 aromatic heterocycles. The quantitative estimate of drug-likeness (QED) is 0.677. The summed E-state index contributed by atoms with van der Waals surface area (Å²) in [6, 6.07) is 1.00. The monoisotopic (exact) mass is 316 g/mol. The highest BCUT2D eigenvalue weighted by Crippen LogP contribution is 2.54. The molecule has 1 unspecified atom stereocenters. The molecule has 0 bridgehead atoms. The molecule has 1 rings (SSSR count). The second-order valence-electron chi connectivity index (χ2n) is 4.02. The lowest BCUT2D eigenvalue weighted by Crippen LogP contribution is -2.54. The van der Waals surface area contributed by atoms with Crippen molar-refractivity contribution in [2.45, 2.75) is 17.8 Å². The van der Waals surface area contributed by atoms with Gasteiger partial charge in [0, 0.05) is 5.56 Å². The van der Waals surface area contributed by atoms with Crippen molar-refractivity contribution in [2.24, 2.45) is 0 Å². The molecule has 1 N–H and O–H groups in total. The van der Waals surface area contributed by atoms with Gasteiger partial charge in [0.25, 0.3) is 5.67 Å². The van der Waals surface area contributed by atoms with Crippen LogP contribution >= 0.6 is 0 Å². The van der Waals surface area contributed by atoms with Crippen LogP contribution in [-0.4, -0.2) is 23.2 Å². The Bertz CT molecular complexity index is 562. The minimum absolute atomic E-state index is 0.159. The van der Waals surface area contributed by atoms with E-state index in [4.69, 9.17) is 5.11 Å². The largest absolute Gasteiger partial charge is 0.478 e. The van der Waals surface area contributed by atoms with Crippen molar-refractivity contribution in [1.82, 2.24) is 0 Å². The number of carbonyl (C=O) groups is 1. The molecule has 1 aromatic rings. The van der Waals surface area contributed by atoms with E-state index in [1.54, 1.807) is 0 Å². The van der Waals surface area contributed by atoms with Gasteiger partial charge in [0.1, 0.15) is 11.4 Å². The first-order chi connectivity index (χ1) is 9.35. The molecule has 9 heteroatoms. The standard InChI is InChI=1S/C12H7F7O2/c1-6(9(20)21)11(15,16)10(14,12(17,18)19)7-2-4-8(13)5-3-7/h2-5H,1H2,(H,20,21). The van der Waals surface area contributed by atoms with Crippen LogP contribution in [0.5, 0.6) is 0 Å². The number of carboxylic acid groups (broad SMARTS) is 1. The fourth-order valence-corrected chi connectivity index (χ4v) is 1.54. The molecule has 116 valence electrons. The zero-order valence-corrected chi connectivity index (χ0v) is 10.0. The van der Waals surface area contributed by atoms with Gasteiger partial charge >= 0.3 is 18.1 Å². The van der Waals surface area contributed by atoms with Gasteiger partial charge in [-0.15, -0.1) is 0 Å². The van der Waals surface area contributed by atoms with Gasteiger partial charge in [0.15, 0.2) is 0 Å². The predicted octanol–water partition coefficient (Wildman–Crippen LogP) is 3.83. The number of alkyl halides is 6. The molecule has 0 heterocycles. The second-order valence-corrected chi connectivity index (χ2v) is 4.02. The van der Waals surface area contributed by atoms with Crippen LogP contribution in [-0.2, 0) is 10.5 Å². The SMILES string of the molecule is C=C(C(=O)O)C(F)(F)C(F)(c1ccc(F)cc1)C(F)(F)F. The van der Waals surface area contributed by atoms with Gasteiger partial charge in [0.05, 0.1) is 0 Å². The number of halogens is 7. The molecule has 0 spiro atoms. The average Bonchev–Trinajstić information content (AvgIpc) is 2.36. The Morgan fingerprint density at radius 3 is 1.76 bits per heavy atom. The summed E-state index contributed by atoms with van der Waals surface area (Å²) in [4.78, 5) is 10.4. The first-order valence-corrected chi connectivity index (χ1v) is 5.18. The lowest BCUT2D eigenvalue weighted by Gasteiger charge is -2.35. The second kappa shape index (κ2) is 5.05. The summed E-state index contributed by atoms with van der Waals surface area (Å²) in [5.74, 6) is -9.06. The van der Waals surface area contributed by atoms with Crippen LogP contribution in [0, 0.1) is 5.82 Å². The number of rotatable bonds is 4. The molecule has 21 heavy (non-hydrogen) atoms. The van der Waals surface area contributed by atoms with Gasteiger partial charge < -0.3 is 5.11 Å². The highest BCUT2D eigenvalue weighted by molar-refractivity contribution is 5.88. The number of carboxylic acids is 1. The van der Waals surface area contributed by atoms with Crippen LogP contribution in [0.4, 0.5) is 30.7 Å². The highest BCUT2D eigenvalue weighted by Gasteiger charge is 2.73. The van der Waals surface area contributed by atoms with E-state index in [-0.39, 0.29) is 12.1 Å². The molecular weight excluding hydrogens is 309 g/mol.